The Labute approximate surface area is 163 Å². The first kappa shape index (κ1) is 22.2. The monoisotopic (exact) mass is 399 g/mol. The van der Waals surface area contributed by atoms with E-state index in [0.717, 1.165) is 44.6 Å². The molecule has 154 valence electrons. The number of halogens is 1. The average molecular weight is 400 g/mol. The van der Waals surface area contributed by atoms with Gasteiger partial charge in [0.1, 0.15) is 0 Å². The number of sulfonamides is 1. The summed E-state index contributed by atoms with van der Waals surface area (Å²) in [5.74, 6) is -0.0568. The minimum absolute atomic E-state index is 0.00718. The summed E-state index contributed by atoms with van der Waals surface area (Å²) in [7, 11) is -3.74. The lowest BCUT2D eigenvalue weighted by Gasteiger charge is -2.27. The van der Waals surface area contributed by atoms with Gasteiger partial charge in [-0.2, -0.15) is 0 Å². The molecule has 1 saturated carbocycles. The molecule has 0 bridgehead atoms. The van der Waals surface area contributed by atoms with E-state index in [1.54, 1.807) is 0 Å². The highest BCUT2D eigenvalue weighted by Gasteiger charge is 2.27. The van der Waals surface area contributed by atoms with Crippen molar-refractivity contribution in [1.29, 1.82) is 0 Å². The van der Waals surface area contributed by atoms with E-state index in [1.165, 1.54) is 12.1 Å². The Morgan fingerprint density at radius 3 is 2.33 bits per heavy atom. The Balaban J connectivity index is 1.98. The van der Waals surface area contributed by atoms with Crippen LogP contribution in [0.1, 0.15) is 73.1 Å². The number of benzene rings is 1. The molecule has 1 aromatic carbocycles. The summed E-state index contributed by atoms with van der Waals surface area (Å²) in [6, 6.07) is 3.74. The standard InChI is InChI=1S/C21H34FNO3S/c1-20(2,3)12-6-7-13-21(4,5)23-27(24,25)17-10-11-18(22)19(14-17)26-15-16-8-9-16/h10-11,14,16,23H,6-9,12-13,15H2,1-5H3. The number of ether oxygens (including phenoxy) is 1. The van der Waals surface area contributed by atoms with Gasteiger partial charge in [-0.3, -0.25) is 0 Å². The molecule has 1 N–H and O–H groups in total. The molecular weight excluding hydrogens is 365 g/mol. The highest BCUT2D eigenvalue weighted by Crippen LogP contribution is 2.31. The maximum Gasteiger partial charge on any atom is 0.241 e. The van der Waals surface area contributed by atoms with Gasteiger partial charge in [0.15, 0.2) is 11.6 Å². The Bertz CT molecular complexity index is 734. The van der Waals surface area contributed by atoms with Gasteiger partial charge in [0, 0.05) is 11.6 Å². The minimum Gasteiger partial charge on any atom is -0.490 e. The summed E-state index contributed by atoms with van der Waals surface area (Å²) in [5.41, 5.74) is -0.283. The maximum absolute atomic E-state index is 13.9. The summed E-state index contributed by atoms with van der Waals surface area (Å²) in [5, 5.41) is 0. The second-order valence-corrected chi connectivity index (χ2v) is 11.3. The molecule has 0 aromatic heterocycles. The van der Waals surface area contributed by atoms with E-state index >= 15 is 0 Å². The van der Waals surface area contributed by atoms with Crippen molar-refractivity contribution in [3.05, 3.63) is 24.0 Å². The third kappa shape index (κ3) is 7.78. The third-order valence-electron chi connectivity index (χ3n) is 4.77. The minimum atomic E-state index is -3.74. The van der Waals surface area contributed by atoms with Crippen molar-refractivity contribution in [2.45, 2.75) is 83.6 Å². The van der Waals surface area contributed by atoms with Gasteiger partial charge in [0.2, 0.25) is 10.0 Å². The van der Waals surface area contributed by atoms with Crippen LogP contribution in [-0.2, 0) is 10.0 Å². The molecule has 0 aliphatic heterocycles. The van der Waals surface area contributed by atoms with Crippen molar-refractivity contribution < 1.29 is 17.5 Å². The lowest BCUT2D eigenvalue weighted by molar-refractivity contribution is 0.284. The fourth-order valence-electron chi connectivity index (χ4n) is 2.95. The molecule has 0 atom stereocenters. The van der Waals surface area contributed by atoms with E-state index in [1.807, 2.05) is 13.8 Å². The van der Waals surface area contributed by atoms with Crippen LogP contribution in [0.5, 0.6) is 5.75 Å². The molecule has 0 unspecified atom stereocenters. The predicted octanol–water partition coefficient (Wildman–Crippen LogP) is 5.28. The fraction of sp³-hybridized carbons (Fsp3) is 0.714. The highest BCUT2D eigenvalue weighted by molar-refractivity contribution is 7.89. The van der Waals surface area contributed by atoms with Crippen LogP contribution in [0.25, 0.3) is 0 Å². The number of nitrogens with one attached hydrogen (secondary N) is 1. The van der Waals surface area contributed by atoms with Gasteiger partial charge in [-0.05, 0) is 63.0 Å². The van der Waals surface area contributed by atoms with Gasteiger partial charge >= 0.3 is 0 Å². The number of hydrogen-bond acceptors (Lipinski definition) is 3. The number of unbranched alkanes of at least 4 members (excludes halogenated alkanes) is 1. The van der Waals surface area contributed by atoms with E-state index < -0.39 is 21.4 Å². The van der Waals surface area contributed by atoms with E-state index in [9.17, 15) is 12.8 Å². The first-order chi connectivity index (χ1) is 12.4. The van der Waals surface area contributed by atoms with Gasteiger partial charge in [-0.1, -0.05) is 33.6 Å². The van der Waals surface area contributed by atoms with Gasteiger partial charge in [0.25, 0.3) is 0 Å². The quantitative estimate of drug-likeness (QED) is 0.545. The van der Waals surface area contributed by atoms with Gasteiger partial charge in [0.05, 0.1) is 11.5 Å². The van der Waals surface area contributed by atoms with Crippen molar-refractivity contribution in [1.82, 2.24) is 4.72 Å². The smallest absolute Gasteiger partial charge is 0.241 e. The van der Waals surface area contributed by atoms with Crippen LogP contribution in [0.3, 0.4) is 0 Å². The third-order valence-corrected chi connectivity index (χ3v) is 6.47. The molecule has 0 amide bonds. The topological polar surface area (TPSA) is 55.4 Å². The average Bonchev–Trinajstić information content (AvgIpc) is 3.33. The molecule has 0 saturated heterocycles. The Kier molecular flexibility index (Phi) is 6.96. The van der Waals surface area contributed by atoms with Crippen molar-refractivity contribution in [2.24, 2.45) is 11.3 Å². The molecule has 0 heterocycles. The van der Waals surface area contributed by atoms with Crippen molar-refractivity contribution in [3.8, 4) is 5.75 Å². The molecular formula is C21H34FNO3S. The Morgan fingerprint density at radius 1 is 1.11 bits per heavy atom. The highest BCUT2D eigenvalue weighted by atomic mass is 32.2. The first-order valence-electron chi connectivity index (χ1n) is 9.84. The number of hydrogen-bond donors (Lipinski definition) is 1. The van der Waals surface area contributed by atoms with Crippen molar-refractivity contribution >= 4 is 10.0 Å². The molecule has 1 aliphatic carbocycles. The second-order valence-electron chi connectivity index (χ2n) is 9.60. The molecule has 27 heavy (non-hydrogen) atoms. The fourth-order valence-corrected chi connectivity index (χ4v) is 4.41. The second kappa shape index (κ2) is 8.48. The zero-order chi connectivity index (χ0) is 20.3. The Morgan fingerprint density at radius 2 is 1.74 bits per heavy atom. The van der Waals surface area contributed by atoms with Crippen LogP contribution in [0.4, 0.5) is 4.39 Å². The Hall–Kier alpha value is -1.14. The maximum atomic E-state index is 13.9. The molecule has 1 aliphatic rings. The first-order valence-corrected chi connectivity index (χ1v) is 11.3. The van der Waals surface area contributed by atoms with Crippen molar-refractivity contribution in [3.63, 3.8) is 0 Å². The number of rotatable bonds is 10. The van der Waals surface area contributed by atoms with Crippen LogP contribution in [0, 0.1) is 17.2 Å². The predicted molar refractivity (Wildman–Crippen MR) is 107 cm³/mol. The van der Waals surface area contributed by atoms with E-state index in [2.05, 4.69) is 25.5 Å². The van der Waals surface area contributed by atoms with Crippen LogP contribution >= 0.6 is 0 Å². The largest absolute Gasteiger partial charge is 0.490 e. The molecule has 1 aromatic rings. The molecule has 0 radical (unpaired) electrons. The molecule has 6 heteroatoms. The van der Waals surface area contributed by atoms with Crippen LogP contribution in [0.2, 0.25) is 0 Å². The summed E-state index contributed by atoms with van der Waals surface area (Å²) in [4.78, 5) is 0.0393. The van der Waals surface area contributed by atoms with Gasteiger partial charge in [-0.15, -0.1) is 0 Å². The lowest BCUT2D eigenvalue weighted by atomic mass is 9.88. The summed E-state index contributed by atoms with van der Waals surface area (Å²) in [6.07, 6.45) is 6.04. The van der Waals surface area contributed by atoms with Gasteiger partial charge in [-0.25, -0.2) is 17.5 Å². The van der Waals surface area contributed by atoms with E-state index in [0.29, 0.717) is 12.5 Å². The van der Waals surface area contributed by atoms with E-state index in [-0.39, 0.29) is 16.1 Å². The SMILES string of the molecule is CC(C)(C)CCCCC(C)(C)NS(=O)(=O)c1ccc(F)c(OCC2CC2)c1. The summed E-state index contributed by atoms with van der Waals surface area (Å²) < 4.78 is 47.7. The lowest BCUT2D eigenvalue weighted by Crippen LogP contribution is -2.43. The van der Waals surface area contributed by atoms with Crippen LogP contribution in [-0.4, -0.2) is 20.6 Å². The van der Waals surface area contributed by atoms with Gasteiger partial charge < -0.3 is 4.74 Å². The van der Waals surface area contributed by atoms with E-state index in [4.69, 9.17) is 4.74 Å². The zero-order valence-electron chi connectivity index (χ0n) is 17.3. The molecule has 1 fully saturated rings. The zero-order valence-corrected chi connectivity index (χ0v) is 18.1. The van der Waals surface area contributed by atoms with Crippen LogP contribution < -0.4 is 9.46 Å². The molecule has 4 nitrogen and oxygen atoms in total. The molecule has 2 rings (SSSR count). The summed E-state index contributed by atoms with van der Waals surface area (Å²) >= 11 is 0. The molecule has 0 spiro atoms. The van der Waals surface area contributed by atoms with Crippen molar-refractivity contribution in [2.75, 3.05) is 6.61 Å². The normalized spacial score (nSPS) is 15.8. The summed E-state index contributed by atoms with van der Waals surface area (Å²) in [6.45, 7) is 10.8. The van der Waals surface area contributed by atoms with Crippen LogP contribution in [0.15, 0.2) is 23.1 Å².